The number of hydrogen-bond acceptors (Lipinski definition) is 4. The molecule has 0 N–H and O–H groups in total. The van der Waals surface area contributed by atoms with Gasteiger partial charge in [-0.3, -0.25) is 9.59 Å². The van der Waals surface area contributed by atoms with Crippen LogP contribution in [-0.2, 0) is 29.7 Å². The zero-order chi connectivity index (χ0) is 32.4. The van der Waals surface area contributed by atoms with Crippen molar-refractivity contribution in [3.8, 4) is 34.4 Å². The van der Waals surface area contributed by atoms with Gasteiger partial charge in [-0.2, -0.15) is 0 Å². The quantitative estimate of drug-likeness (QED) is 0.188. The van der Waals surface area contributed by atoms with Crippen molar-refractivity contribution >= 4 is 23.2 Å². The summed E-state index contributed by atoms with van der Waals surface area (Å²) < 4.78 is 1.81. The summed E-state index contributed by atoms with van der Waals surface area (Å²) in [6.07, 6.45) is 0. The fourth-order valence-corrected chi connectivity index (χ4v) is 5.90. The van der Waals surface area contributed by atoms with Gasteiger partial charge in [0.05, 0.1) is 30.2 Å². The number of carbonyl (C=O) groups excluding carboxylic acids is 2. The standard InChI is InChI=1S/C20H20N4O.C19H17NO.CH4/c1-13(2)20(25)24-12-14-8-4-5-9-15(14)19-18(21-22-23(19)3)16-10-6-7-11-17(16)24;1-14(2)19(21)20-13-17-9-4-3-7-15(17)11-12-16-8-5-6-10-18(16)20;/h4-11,13H,12H2,1-3H3;3-10,14H,13H2,1-2H3;1H4. The van der Waals surface area contributed by atoms with Crippen LogP contribution in [0.25, 0.3) is 22.5 Å². The molecule has 0 bridgehead atoms. The third-order valence-electron chi connectivity index (χ3n) is 8.27. The molecule has 0 radical (unpaired) electrons. The number of aryl methyl sites for hydroxylation is 1. The SMILES string of the molecule is C.CC(C)C(=O)N1Cc2ccccc2-c2c(nnn2C)-c2ccccc21.CC(C)C(=O)N1Cc2ccccc2C#Cc2ccccc21. The lowest BCUT2D eigenvalue weighted by Crippen LogP contribution is -2.34. The topological polar surface area (TPSA) is 71.3 Å². The first-order valence-electron chi connectivity index (χ1n) is 15.6. The average molecular weight is 624 g/mol. The molecule has 0 atom stereocenters. The van der Waals surface area contributed by atoms with Gasteiger partial charge in [-0.15, -0.1) is 5.10 Å². The van der Waals surface area contributed by atoms with Crippen molar-refractivity contribution in [2.45, 2.75) is 48.2 Å². The van der Waals surface area contributed by atoms with Gasteiger partial charge in [0.15, 0.2) is 0 Å². The lowest BCUT2D eigenvalue weighted by atomic mass is 9.95. The smallest absolute Gasteiger partial charge is 0.229 e. The molecule has 0 aliphatic carbocycles. The van der Waals surface area contributed by atoms with Crippen LogP contribution in [0.2, 0.25) is 0 Å². The fraction of sp³-hybridized carbons (Fsp3) is 0.250. The Morgan fingerprint density at radius 2 is 1.13 bits per heavy atom. The van der Waals surface area contributed by atoms with Crippen molar-refractivity contribution in [2.75, 3.05) is 9.80 Å². The van der Waals surface area contributed by atoms with Crippen molar-refractivity contribution in [3.05, 3.63) is 119 Å². The molecule has 47 heavy (non-hydrogen) atoms. The summed E-state index contributed by atoms with van der Waals surface area (Å²) in [5.41, 5.74) is 9.68. The normalized spacial score (nSPS) is 12.5. The van der Waals surface area contributed by atoms with E-state index in [4.69, 9.17) is 0 Å². The van der Waals surface area contributed by atoms with Crippen molar-refractivity contribution in [1.29, 1.82) is 0 Å². The van der Waals surface area contributed by atoms with Gasteiger partial charge in [-0.05, 0) is 35.4 Å². The Bertz CT molecular complexity index is 2000. The van der Waals surface area contributed by atoms with E-state index in [9.17, 15) is 9.59 Å². The number of carbonyl (C=O) groups is 2. The Morgan fingerprint density at radius 3 is 1.81 bits per heavy atom. The second-order valence-electron chi connectivity index (χ2n) is 12.2. The predicted molar refractivity (Wildman–Crippen MR) is 190 cm³/mol. The van der Waals surface area contributed by atoms with Crippen LogP contribution in [0.15, 0.2) is 97.1 Å². The Kier molecular flexibility index (Phi) is 9.72. The molecule has 0 saturated carbocycles. The molecule has 1 aromatic heterocycles. The molecule has 7 nitrogen and oxygen atoms in total. The van der Waals surface area contributed by atoms with E-state index in [2.05, 4.69) is 34.3 Å². The largest absolute Gasteiger partial charge is 0.307 e. The molecule has 0 spiro atoms. The van der Waals surface area contributed by atoms with Gasteiger partial charge in [0.2, 0.25) is 11.8 Å². The Labute approximate surface area is 277 Å². The van der Waals surface area contributed by atoms with Gasteiger partial charge in [0.25, 0.3) is 0 Å². The second kappa shape index (κ2) is 13.9. The summed E-state index contributed by atoms with van der Waals surface area (Å²) in [4.78, 5) is 29.3. The van der Waals surface area contributed by atoms with Crippen LogP contribution in [-0.4, -0.2) is 26.8 Å². The number of benzene rings is 4. The summed E-state index contributed by atoms with van der Waals surface area (Å²) in [5, 5.41) is 8.66. The van der Waals surface area contributed by atoms with Gasteiger partial charge in [0, 0.05) is 41.1 Å². The molecule has 5 aromatic rings. The van der Waals surface area contributed by atoms with E-state index in [1.165, 1.54) is 0 Å². The number of fused-ring (bicyclic) bond motifs is 7. The van der Waals surface area contributed by atoms with Crippen LogP contribution in [0, 0.1) is 23.7 Å². The maximum Gasteiger partial charge on any atom is 0.229 e. The minimum absolute atomic E-state index is 0. The van der Waals surface area contributed by atoms with Gasteiger partial charge >= 0.3 is 0 Å². The van der Waals surface area contributed by atoms with Crippen LogP contribution in [0.5, 0.6) is 0 Å². The highest BCUT2D eigenvalue weighted by Crippen LogP contribution is 2.41. The lowest BCUT2D eigenvalue weighted by molar-refractivity contribution is -0.122. The van der Waals surface area contributed by atoms with E-state index in [-0.39, 0.29) is 31.1 Å². The number of nitrogens with zero attached hydrogens (tertiary/aromatic N) is 5. The average Bonchev–Trinajstić information content (AvgIpc) is 3.44. The molecular formula is C40H41N5O2. The third kappa shape index (κ3) is 6.45. The molecule has 4 aromatic carbocycles. The van der Waals surface area contributed by atoms with Gasteiger partial charge in [-0.1, -0.05) is 125 Å². The number of aromatic nitrogens is 3. The van der Waals surface area contributed by atoms with E-state index in [0.717, 1.165) is 56.1 Å². The molecule has 0 saturated heterocycles. The molecule has 0 fully saturated rings. The van der Waals surface area contributed by atoms with Crippen molar-refractivity contribution in [1.82, 2.24) is 15.0 Å². The summed E-state index contributed by atoms with van der Waals surface area (Å²) in [7, 11) is 1.91. The maximum atomic E-state index is 12.9. The van der Waals surface area contributed by atoms with Gasteiger partial charge in [0.1, 0.15) is 5.69 Å². The zero-order valence-corrected chi connectivity index (χ0v) is 26.9. The highest BCUT2D eigenvalue weighted by Gasteiger charge is 2.29. The minimum atomic E-state index is -0.0824. The monoisotopic (exact) mass is 623 g/mol. The maximum absolute atomic E-state index is 12.9. The second-order valence-corrected chi connectivity index (χ2v) is 12.2. The van der Waals surface area contributed by atoms with Gasteiger partial charge in [-0.25, -0.2) is 4.68 Å². The molecule has 238 valence electrons. The molecule has 7 rings (SSSR count). The Morgan fingerprint density at radius 1 is 0.638 bits per heavy atom. The van der Waals surface area contributed by atoms with Gasteiger partial charge < -0.3 is 9.80 Å². The number of hydrogen-bond donors (Lipinski definition) is 0. The van der Waals surface area contributed by atoms with E-state index in [1.807, 2.05) is 134 Å². The number of rotatable bonds is 2. The summed E-state index contributed by atoms with van der Waals surface area (Å²) >= 11 is 0. The first-order chi connectivity index (χ1) is 22.2. The number of anilines is 2. The van der Waals surface area contributed by atoms with Crippen LogP contribution in [0.4, 0.5) is 11.4 Å². The van der Waals surface area contributed by atoms with Crippen LogP contribution < -0.4 is 9.80 Å². The molecular weight excluding hydrogens is 582 g/mol. The zero-order valence-electron chi connectivity index (χ0n) is 26.9. The number of para-hydroxylation sites is 2. The van der Waals surface area contributed by atoms with E-state index in [1.54, 1.807) is 0 Å². The van der Waals surface area contributed by atoms with E-state index in [0.29, 0.717) is 13.1 Å². The summed E-state index contributed by atoms with van der Waals surface area (Å²) in [5.74, 6) is 6.53. The molecule has 7 heteroatoms. The molecule has 2 amide bonds. The van der Waals surface area contributed by atoms with Crippen LogP contribution in [0.1, 0.15) is 57.4 Å². The van der Waals surface area contributed by atoms with Crippen LogP contribution >= 0.6 is 0 Å². The Balaban J connectivity index is 0.000000183. The summed E-state index contributed by atoms with van der Waals surface area (Å²) in [6.45, 7) is 8.84. The van der Waals surface area contributed by atoms with E-state index >= 15 is 0 Å². The van der Waals surface area contributed by atoms with E-state index < -0.39 is 0 Å². The first kappa shape index (κ1) is 32.9. The minimum Gasteiger partial charge on any atom is -0.307 e. The fourth-order valence-electron chi connectivity index (χ4n) is 5.90. The third-order valence-corrected chi connectivity index (χ3v) is 8.27. The highest BCUT2D eigenvalue weighted by atomic mass is 16.2. The molecule has 2 aliphatic heterocycles. The lowest BCUT2D eigenvalue weighted by Gasteiger charge is -2.29. The Hall–Kier alpha value is -5.48. The molecule has 2 aliphatic rings. The molecule has 3 heterocycles. The van der Waals surface area contributed by atoms with Crippen LogP contribution in [0.3, 0.4) is 0 Å². The van der Waals surface area contributed by atoms with Crippen molar-refractivity contribution in [2.24, 2.45) is 18.9 Å². The van der Waals surface area contributed by atoms with Crippen molar-refractivity contribution in [3.63, 3.8) is 0 Å². The highest BCUT2D eigenvalue weighted by molar-refractivity contribution is 6.01. The van der Waals surface area contributed by atoms with Crippen molar-refractivity contribution < 1.29 is 9.59 Å². The molecule has 0 unspecified atom stereocenters. The summed E-state index contributed by atoms with van der Waals surface area (Å²) in [6, 6.07) is 32.0. The number of amides is 2. The predicted octanol–water partition coefficient (Wildman–Crippen LogP) is 7.88. The first-order valence-corrected chi connectivity index (χ1v) is 15.6.